The molecule has 0 aromatic heterocycles. The number of aliphatic hydroxyl groups is 1. The number of nitrogens with one attached hydrogen (secondary N) is 1. The van der Waals surface area contributed by atoms with Gasteiger partial charge < -0.3 is 15.0 Å². The average molecular weight is 225 g/mol. The van der Waals surface area contributed by atoms with Crippen LogP contribution in [-0.4, -0.2) is 22.1 Å². The fourth-order valence-electron chi connectivity index (χ4n) is 1.72. The van der Waals surface area contributed by atoms with Gasteiger partial charge in [-0.2, -0.15) is 0 Å². The third-order valence-corrected chi connectivity index (χ3v) is 3.79. The minimum Gasteiger partial charge on any atom is -0.610 e. The van der Waals surface area contributed by atoms with Crippen LogP contribution >= 0.6 is 0 Å². The molecule has 0 aliphatic carbocycles. The molecule has 1 unspecified atom stereocenters. The molecule has 0 saturated heterocycles. The van der Waals surface area contributed by atoms with E-state index in [2.05, 4.69) is 11.4 Å². The molecular formula is C11H15NO2S. The summed E-state index contributed by atoms with van der Waals surface area (Å²) < 4.78 is 11.6. The summed E-state index contributed by atoms with van der Waals surface area (Å²) in [6.07, 6.45) is 2.76. The van der Waals surface area contributed by atoms with E-state index in [-0.39, 0.29) is 6.61 Å². The van der Waals surface area contributed by atoms with Crippen molar-refractivity contribution in [3.8, 4) is 0 Å². The van der Waals surface area contributed by atoms with Crippen LogP contribution in [0.5, 0.6) is 0 Å². The van der Waals surface area contributed by atoms with Gasteiger partial charge in [-0.05, 0) is 37.0 Å². The van der Waals surface area contributed by atoms with Gasteiger partial charge in [-0.1, -0.05) is 6.07 Å². The van der Waals surface area contributed by atoms with Crippen LogP contribution in [0.15, 0.2) is 23.1 Å². The molecule has 0 saturated carbocycles. The summed E-state index contributed by atoms with van der Waals surface area (Å²) in [7, 11) is 0. The molecule has 15 heavy (non-hydrogen) atoms. The Bertz CT molecular complexity index is 343. The first-order chi connectivity index (χ1) is 7.31. The Balaban J connectivity index is 2.05. The monoisotopic (exact) mass is 225 g/mol. The molecule has 1 heterocycles. The number of aliphatic hydroxyl groups excluding tert-OH is 1. The number of hydrogen-bond donors (Lipinski definition) is 2. The Morgan fingerprint density at radius 2 is 2.27 bits per heavy atom. The van der Waals surface area contributed by atoms with E-state index in [4.69, 9.17) is 5.11 Å². The van der Waals surface area contributed by atoms with E-state index in [1.807, 2.05) is 12.1 Å². The highest BCUT2D eigenvalue weighted by Crippen LogP contribution is 2.29. The molecule has 2 N–H and O–H groups in total. The van der Waals surface area contributed by atoms with Crippen LogP contribution in [0.2, 0.25) is 0 Å². The van der Waals surface area contributed by atoms with Crippen LogP contribution in [0.3, 0.4) is 0 Å². The van der Waals surface area contributed by atoms with Crippen LogP contribution in [0.25, 0.3) is 0 Å². The van der Waals surface area contributed by atoms with Crippen LogP contribution in [-0.2, 0) is 17.6 Å². The molecule has 1 aliphatic rings. The zero-order valence-corrected chi connectivity index (χ0v) is 9.35. The smallest absolute Gasteiger partial charge is 0.181 e. The Kier molecular flexibility index (Phi) is 3.51. The molecule has 82 valence electrons. The zero-order valence-electron chi connectivity index (χ0n) is 8.53. The summed E-state index contributed by atoms with van der Waals surface area (Å²) in [5.74, 6) is 0.537. The minimum absolute atomic E-state index is 0.248. The number of hydrogen-bond acceptors (Lipinski definition) is 3. The lowest BCUT2D eigenvalue weighted by Gasteiger charge is -2.04. The van der Waals surface area contributed by atoms with Crippen molar-refractivity contribution in [1.29, 1.82) is 0 Å². The van der Waals surface area contributed by atoms with Gasteiger partial charge in [0.15, 0.2) is 10.8 Å². The van der Waals surface area contributed by atoms with Crippen molar-refractivity contribution >= 4 is 16.9 Å². The number of anilines is 1. The number of fused-ring (bicyclic) bond motifs is 1. The fourth-order valence-corrected chi connectivity index (χ4v) is 2.83. The summed E-state index contributed by atoms with van der Waals surface area (Å²) >= 11 is -0.876. The maximum atomic E-state index is 11.6. The summed E-state index contributed by atoms with van der Waals surface area (Å²) in [5.41, 5.74) is 2.21. The molecule has 2 rings (SSSR count). The Morgan fingerprint density at radius 1 is 1.40 bits per heavy atom. The van der Waals surface area contributed by atoms with Crippen LogP contribution in [0.1, 0.15) is 18.4 Å². The van der Waals surface area contributed by atoms with Crippen molar-refractivity contribution in [2.24, 2.45) is 0 Å². The maximum Gasteiger partial charge on any atom is 0.181 e. The van der Waals surface area contributed by atoms with Crippen molar-refractivity contribution < 1.29 is 9.66 Å². The molecule has 0 spiro atoms. The van der Waals surface area contributed by atoms with Crippen molar-refractivity contribution in [2.75, 3.05) is 17.8 Å². The molecule has 0 bridgehead atoms. The first-order valence-electron chi connectivity index (χ1n) is 5.17. The van der Waals surface area contributed by atoms with Gasteiger partial charge in [0.05, 0.1) is 5.69 Å². The van der Waals surface area contributed by atoms with E-state index in [1.165, 1.54) is 5.56 Å². The predicted octanol–water partition coefficient (Wildman–Crippen LogP) is 1.49. The zero-order chi connectivity index (χ0) is 10.7. The second-order valence-corrected chi connectivity index (χ2v) is 5.10. The predicted molar refractivity (Wildman–Crippen MR) is 61.4 cm³/mol. The molecule has 3 nitrogen and oxygen atoms in total. The number of rotatable bonds is 4. The van der Waals surface area contributed by atoms with Crippen LogP contribution < -0.4 is 5.32 Å². The Labute approximate surface area is 92.7 Å². The van der Waals surface area contributed by atoms with Crippen LogP contribution in [0.4, 0.5) is 5.69 Å². The molecule has 0 amide bonds. The number of unbranched alkanes of at least 4 members (excludes halogenated alkanes) is 1. The van der Waals surface area contributed by atoms with Gasteiger partial charge >= 0.3 is 0 Å². The van der Waals surface area contributed by atoms with Gasteiger partial charge in [-0.25, -0.2) is 0 Å². The molecule has 1 aromatic rings. The summed E-state index contributed by atoms with van der Waals surface area (Å²) in [6.45, 7) is 0.248. The van der Waals surface area contributed by atoms with E-state index in [0.717, 1.165) is 29.8 Å². The lowest BCUT2D eigenvalue weighted by molar-refractivity contribution is 0.284. The van der Waals surface area contributed by atoms with Crippen LogP contribution in [0, 0.1) is 0 Å². The standard InChI is InChI=1S/C11H15NO2S/c13-6-2-1-3-9-4-5-10-11(7-9)15(14)8-12-10/h4-5,7,12-13H,1-3,6,8H2. The van der Waals surface area contributed by atoms with Gasteiger partial charge in [0.2, 0.25) is 0 Å². The first-order valence-corrected chi connectivity index (χ1v) is 6.49. The highest BCUT2D eigenvalue weighted by molar-refractivity contribution is 7.92. The third kappa shape index (κ3) is 2.45. The molecule has 1 atom stereocenters. The second kappa shape index (κ2) is 4.88. The van der Waals surface area contributed by atoms with E-state index in [9.17, 15) is 4.55 Å². The molecule has 1 aliphatic heterocycles. The summed E-state index contributed by atoms with van der Waals surface area (Å²) in [4.78, 5) is 0.927. The van der Waals surface area contributed by atoms with E-state index < -0.39 is 11.2 Å². The van der Waals surface area contributed by atoms with Gasteiger partial charge in [0.1, 0.15) is 0 Å². The van der Waals surface area contributed by atoms with Gasteiger partial charge in [-0.15, -0.1) is 0 Å². The van der Waals surface area contributed by atoms with E-state index in [0.29, 0.717) is 5.88 Å². The van der Waals surface area contributed by atoms with Crippen molar-refractivity contribution in [3.05, 3.63) is 23.8 Å². The lowest BCUT2D eigenvalue weighted by Crippen LogP contribution is -2.03. The van der Waals surface area contributed by atoms with Crippen molar-refractivity contribution in [2.45, 2.75) is 24.2 Å². The molecule has 1 aromatic carbocycles. The second-order valence-electron chi connectivity index (χ2n) is 3.68. The van der Waals surface area contributed by atoms with Gasteiger partial charge in [-0.3, -0.25) is 0 Å². The number of aryl methyl sites for hydroxylation is 1. The number of benzene rings is 1. The molecule has 0 radical (unpaired) electrons. The summed E-state index contributed by atoms with van der Waals surface area (Å²) in [6, 6.07) is 6.07. The summed E-state index contributed by atoms with van der Waals surface area (Å²) in [5, 5.41) is 11.8. The van der Waals surface area contributed by atoms with E-state index >= 15 is 0 Å². The lowest BCUT2D eigenvalue weighted by atomic mass is 10.1. The SMILES string of the molecule is [O-][S+]1CNc2ccc(CCCCO)cc21. The molecule has 0 fully saturated rings. The highest BCUT2D eigenvalue weighted by Gasteiger charge is 2.23. The normalized spacial score (nSPS) is 18.7. The van der Waals surface area contributed by atoms with Crippen molar-refractivity contribution in [3.63, 3.8) is 0 Å². The highest BCUT2D eigenvalue weighted by atomic mass is 32.2. The Morgan fingerprint density at radius 3 is 3.07 bits per heavy atom. The minimum atomic E-state index is -0.876. The third-order valence-electron chi connectivity index (χ3n) is 2.56. The topological polar surface area (TPSA) is 55.3 Å². The van der Waals surface area contributed by atoms with Crippen molar-refractivity contribution in [1.82, 2.24) is 0 Å². The Hall–Kier alpha value is -0.710. The van der Waals surface area contributed by atoms with E-state index in [1.54, 1.807) is 0 Å². The molecule has 4 heteroatoms. The largest absolute Gasteiger partial charge is 0.610 e. The maximum absolute atomic E-state index is 11.6. The average Bonchev–Trinajstić information content (AvgIpc) is 2.61. The fraction of sp³-hybridized carbons (Fsp3) is 0.455. The first kappa shape index (κ1) is 10.8. The molecular weight excluding hydrogens is 210 g/mol. The van der Waals surface area contributed by atoms with Gasteiger partial charge in [0.25, 0.3) is 0 Å². The quantitative estimate of drug-likeness (QED) is 0.603. The van der Waals surface area contributed by atoms with Gasteiger partial charge in [0, 0.05) is 17.8 Å².